The predicted molar refractivity (Wildman–Crippen MR) is 97.5 cm³/mol. The SMILES string of the molecule is Cc1ccc(OCCN=C(N)N2CCSCC2)cc1.I. The number of guanidine groups is 1. The molecule has 0 radical (unpaired) electrons. The lowest BCUT2D eigenvalue weighted by Gasteiger charge is -2.27. The van der Waals surface area contributed by atoms with E-state index in [0.29, 0.717) is 19.1 Å². The fourth-order valence-corrected chi connectivity index (χ4v) is 2.75. The summed E-state index contributed by atoms with van der Waals surface area (Å²) in [6.07, 6.45) is 0. The molecule has 0 saturated carbocycles. The number of rotatable bonds is 4. The summed E-state index contributed by atoms with van der Waals surface area (Å²) in [7, 11) is 0. The van der Waals surface area contributed by atoms with Crippen LogP contribution in [0.3, 0.4) is 0 Å². The highest BCUT2D eigenvalue weighted by Crippen LogP contribution is 2.11. The Bertz CT molecular complexity index is 419. The van der Waals surface area contributed by atoms with E-state index in [9.17, 15) is 0 Å². The van der Waals surface area contributed by atoms with Crippen LogP contribution >= 0.6 is 35.7 Å². The van der Waals surface area contributed by atoms with Crippen LogP contribution in [0.2, 0.25) is 0 Å². The van der Waals surface area contributed by atoms with Gasteiger partial charge >= 0.3 is 0 Å². The lowest BCUT2D eigenvalue weighted by molar-refractivity contribution is 0.327. The molecule has 1 aromatic rings. The molecule has 6 heteroatoms. The first-order valence-electron chi connectivity index (χ1n) is 6.58. The molecule has 1 saturated heterocycles. The quantitative estimate of drug-likeness (QED) is 0.360. The molecule has 20 heavy (non-hydrogen) atoms. The third-order valence-corrected chi connectivity index (χ3v) is 3.93. The van der Waals surface area contributed by atoms with Crippen molar-refractivity contribution in [2.45, 2.75) is 6.92 Å². The zero-order valence-corrected chi connectivity index (χ0v) is 14.9. The standard InChI is InChI=1S/C14H21N3OS.HI/c1-12-2-4-13(5-3-12)18-9-6-16-14(15)17-7-10-19-11-8-17;/h2-5H,6-11H2,1H3,(H2,15,16);1H. The molecule has 0 bridgehead atoms. The Kier molecular flexibility index (Phi) is 8.13. The molecule has 0 aromatic heterocycles. The summed E-state index contributed by atoms with van der Waals surface area (Å²) in [4.78, 5) is 6.51. The minimum atomic E-state index is 0. The van der Waals surface area contributed by atoms with Crippen molar-refractivity contribution in [3.63, 3.8) is 0 Å². The Morgan fingerprint density at radius 1 is 1.30 bits per heavy atom. The van der Waals surface area contributed by atoms with Crippen molar-refractivity contribution < 1.29 is 4.74 Å². The predicted octanol–water partition coefficient (Wildman–Crippen LogP) is 2.36. The smallest absolute Gasteiger partial charge is 0.191 e. The Labute approximate surface area is 142 Å². The highest BCUT2D eigenvalue weighted by atomic mass is 127. The highest BCUT2D eigenvalue weighted by Gasteiger charge is 2.11. The molecule has 1 fully saturated rings. The van der Waals surface area contributed by atoms with Gasteiger partial charge < -0.3 is 15.4 Å². The molecular weight excluding hydrogens is 385 g/mol. The molecular formula is C14H22IN3OS. The molecule has 4 nitrogen and oxygen atoms in total. The van der Waals surface area contributed by atoms with Gasteiger partial charge in [0.05, 0.1) is 6.54 Å². The maximum atomic E-state index is 5.96. The van der Waals surface area contributed by atoms with E-state index in [0.717, 1.165) is 30.3 Å². The van der Waals surface area contributed by atoms with Gasteiger partial charge in [0, 0.05) is 24.6 Å². The molecule has 0 aliphatic carbocycles. The van der Waals surface area contributed by atoms with Crippen molar-refractivity contribution in [1.82, 2.24) is 4.90 Å². The number of aryl methyl sites for hydroxylation is 1. The zero-order chi connectivity index (χ0) is 13.5. The van der Waals surface area contributed by atoms with E-state index < -0.39 is 0 Å². The average molecular weight is 407 g/mol. The van der Waals surface area contributed by atoms with Crippen LogP contribution in [0.15, 0.2) is 29.3 Å². The van der Waals surface area contributed by atoms with Crippen LogP contribution in [0.25, 0.3) is 0 Å². The van der Waals surface area contributed by atoms with Gasteiger partial charge in [0.2, 0.25) is 0 Å². The Balaban J connectivity index is 0.00000200. The van der Waals surface area contributed by atoms with E-state index in [-0.39, 0.29) is 24.0 Å². The van der Waals surface area contributed by atoms with E-state index >= 15 is 0 Å². The summed E-state index contributed by atoms with van der Waals surface area (Å²) in [5.74, 6) is 3.80. The summed E-state index contributed by atoms with van der Waals surface area (Å²) in [5, 5.41) is 0. The normalized spacial score (nSPS) is 15.7. The molecule has 1 aromatic carbocycles. The summed E-state index contributed by atoms with van der Waals surface area (Å²) < 4.78 is 5.61. The van der Waals surface area contributed by atoms with E-state index in [1.807, 2.05) is 36.0 Å². The van der Waals surface area contributed by atoms with E-state index in [1.165, 1.54) is 5.56 Å². The zero-order valence-electron chi connectivity index (χ0n) is 11.7. The number of hydrogen-bond donors (Lipinski definition) is 1. The first-order valence-corrected chi connectivity index (χ1v) is 7.73. The number of thioether (sulfide) groups is 1. The molecule has 0 spiro atoms. The second-order valence-electron chi connectivity index (χ2n) is 4.50. The van der Waals surface area contributed by atoms with Crippen molar-refractivity contribution in [2.75, 3.05) is 37.7 Å². The number of benzene rings is 1. The molecule has 1 heterocycles. The molecule has 0 amide bonds. The number of nitrogens with zero attached hydrogens (tertiary/aromatic N) is 2. The van der Waals surface area contributed by atoms with Gasteiger partial charge in [-0.05, 0) is 19.1 Å². The summed E-state index contributed by atoms with van der Waals surface area (Å²) in [6.45, 7) is 5.22. The molecule has 0 atom stereocenters. The number of hydrogen-bond acceptors (Lipinski definition) is 3. The summed E-state index contributed by atoms with van der Waals surface area (Å²) in [5.41, 5.74) is 7.19. The largest absolute Gasteiger partial charge is 0.492 e. The third-order valence-electron chi connectivity index (χ3n) is 2.99. The Hall–Kier alpha value is -0.630. The summed E-state index contributed by atoms with van der Waals surface area (Å²) in [6, 6.07) is 8.03. The number of nitrogens with two attached hydrogens (primary N) is 1. The minimum Gasteiger partial charge on any atom is -0.492 e. The highest BCUT2D eigenvalue weighted by molar-refractivity contribution is 14.0. The monoisotopic (exact) mass is 407 g/mol. The van der Waals surface area contributed by atoms with Crippen LogP contribution in [-0.2, 0) is 0 Å². The van der Waals surface area contributed by atoms with Crippen LogP contribution in [-0.4, -0.2) is 48.6 Å². The maximum absolute atomic E-state index is 5.96. The van der Waals surface area contributed by atoms with Gasteiger partial charge in [-0.1, -0.05) is 17.7 Å². The van der Waals surface area contributed by atoms with Crippen LogP contribution in [0.5, 0.6) is 5.75 Å². The molecule has 1 aliphatic rings. The Morgan fingerprint density at radius 2 is 1.95 bits per heavy atom. The van der Waals surface area contributed by atoms with Crippen molar-refractivity contribution in [3.8, 4) is 5.75 Å². The van der Waals surface area contributed by atoms with Crippen molar-refractivity contribution in [3.05, 3.63) is 29.8 Å². The van der Waals surface area contributed by atoms with Crippen molar-refractivity contribution >= 4 is 41.7 Å². The van der Waals surface area contributed by atoms with E-state index in [4.69, 9.17) is 10.5 Å². The molecule has 0 unspecified atom stereocenters. The van der Waals surface area contributed by atoms with Crippen LogP contribution < -0.4 is 10.5 Å². The van der Waals surface area contributed by atoms with Gasteiger partial charge in [-0.15, -0.1) is 24.0 Å². The van der Waals surface area contributed by atoms with Gasteiger partial charge in [-0.3, -0.25) is 0 Å². The van der Waals surface area contributed by atoms with Crippen molar-refractivity contribution in [1.29, 1.82) is 0 Å². The molecule has 112 valence electrons. The fraction of sp³-hybridized carbons (Fsp3) is 0.500. The first kappa shape index (κ1) is 17.4. The van der Waals surface area contributed by atoms with Gasteiger partial charge in [-0.25, -0.2) is 4.99 Å². The molecule has 1 aliphatic heterocycles. The second kappa shape index (κ2) is 9.33. The first-order chi connectivity index (χ1) is 9.25. The van der Waals surface area contributed by atoms with Gasteiger partial charge in [0.1, 0.15) is 12.4 Å². The second-order valence-corrected chi connectivity index (χ2v) is 5.73. The average Bonchev–Trinajstić information content (AvgIpc) is 2.46. The number of ether oxygens (including phenoxy) is 1. The van der Waals surface area contributed by atoms with Gasteiger partial charge in [-0.2, -0.15) is 11.8 Å². The topological polar surface area (TPSA) is 50.9 Å². The fourth-order valence-electron chi connectivity index (χ4n) is 1.85. The van der Waals surface area contributed by atoms with E-state index in [1.54, 1.807) is 0 Å². The lowest BCUT2D eigenvalue weighted by Crippen LogP contribution is -2.42. The van der Waals surface area contributed by atoms with Crippen LogP contribution in [0, 0.1) is 6.92 Å². The maximum Gasteiger partial charge on any atom is 0.191 e. The van der Waals surface area contributed by atoms with Gasteiger partial charge in [0.15, 0.2) is 5.96 Å². The minimum absolute atomic E-state index is 0. The summed E-state index contributed by atoms with van der Waals surface area (Å²) >= 11 is 1.97. The van der Waals surface area contributed by atoms with Gasteiger partial charge in [0.25, 0.3) is 0 Å². The van der Waals surface area contributed by atoms with Crippen molar-refractivity contribution in [2.24, 2.45) is 10.7 Å². The number of halogens is 1. The van der Waals surface area contributed by atoms with Crippen LogP contribution in [0.4, 0.5) is 0 Å². The molecule has 2 rings (SSSR count). The lowest BCUT2D eigenvalue weighted by atomic mass is 10.2. The number of aliphatic imine (C=N–C) groups is 1. The third kappa shape index (κ3) is 5.78. The Morgan fingerprint density at radius 3 is 2.60 bits per heavy atom. The van der Waals surface area contributed by atoms with E-state index in [2.05, 4.69) is 16.8 Å². The van der Waals surface area contributed by atoms with Crippen LogP contribution in [0.1, 0.15) is 5.56 Å². The molecule has 2 N–H and O–H groups in total.